The molecule has 1 atom stereocenters. The van der Waals surface area contributed by atoms with Crippen molar-refractivity contribution in [2.75, 3.05) is 26.2 Å². The Morgan fingerprint density at radius 1 is 0.889 bits per heavy atom. The van der Waals surface area contributed by atoms with Crippen LogP contribution in [0.5, 0.6) is 0 Å². The second-order valence-corrected chi connectivity index (χ2v) is 6.32. The summed E-state index contributed by atoms with van der Waals surface area (Å²) < 4.78 is 0. The predicted molar refractivity (Wildman–Crippen MR) is 72.4 cm³/mol. The molecule has 1 aliphatic carbocycles. The van der Waals surface area contributed by atoms with Crippen molar-refractivity contribution in [3.05, 3.63) is 0 Å². The molecule has 1 saturated carbocycles. The summed E-state index contributed by atoms with van der Waals surface area (Å²) in [5.74, 6) is 0.863. The number of rotatable bonds is 3. The van der Waals surface area contributed by atoms with Crippen molar-refractivity contribution in [3.8, 4) is 0 Å². The van der Waals surface area contributed by atoms with Gasteiger partial charge in [-0.1, -0.05) is 12.8 Å². The molecule has 0 aromatic carbocycles. The van der Waals surface area contributed by atoms with Crippen LogP contribution < -0.4 is 0 Å². The molecule has 102 valence electrons. The summed E-state index contributed by atoms with van der Waals surface area (Å²) in [6, 6.07) is 0.524. The molecule has 0 aromatic heterocycles. The lowest BCUT2D eigenvalue weighted by molar-refractivity contribution is -0.133. The van der Waals surface area contributed by atoms with Gasteiger partial charge in [-0.3, -0.25) is 4.79 Å². The molecule has 0 N–H and O–H groups in total. The molecule has 3 nitrogen and oxygen atoms in total. The molecule has 2 heterocycles. The summed E-state index contributed by atoms with van der Waals surface area (Å²) in [6.07, 6.45) is 10.2. The second kappa shape index (κ2) is 5.60. The normalized spacial score (nSPS) is 30.4. The van der Waals surface area contributed by atoms with Crippen molar-refractivity contribution in [2.24, 2.45) is 5.92 Å². The molecule has 0 spiro atoms. The molecule has 0 bridgehead atoms. The minimum absolute atomic E-state index is 0.398. The fourth-order valence-corrected chi connectivity index (χ4v) is 3.50. The average Bonchev–Trinajstić information content (AvgIpc) is 3.15. The van der Waals surface area contributed by atoms with Crippen molar-refractivity contribution in [3.63, 3.8) is 0 Å². The van der Waals surface area contributed by atoms with Crippen LogP contribution >= 0.6 is 0 Å². The molecule has 3 heteroatoms. The lowest BCUT2D eigenvalue weighted by Crippen LogP contribution is -2.44. The van der Waals surface area contributed by atoms with Gasteiger partial charge in [-0.05, 0) is 51.6 Å². The molecule has 3 fully saturated rings. The monoisotopic (exact) mass is 250 g/mol. The Morgan fingerprint density at radius 3 is 2.28 bits per heavy atom. The van der Waals surface area contributed by atoms with Crippen LogP contribution in [0.4, 0.5) is 0 Å². The summed E-state index contributed by atoms with van der Waals surface area (Å²) in [6.45, 7) is 4.66. The van der Waals surface area contributed by atoms with Crippen molar-refractivity contribution < 1.29 is 4.79 Å². The average molecular weight is 250 g/mol. The minimum atomic E-state index is 0.398. The third-order valence-electron chi connectivity index (χ3n) is 4.75. The highest BCUT2D eigenvalue weighted by molar-refractivity contribution is 5.81. The maximum atomic E-state index is 12.2. The van der Waals surface area contributed by atoms with E-state index >= 15 is 0 Å². The maximum Gasteiger partial charge on any atom is 0.225 e. The highest BCUT2D eigenvalue weighted by Gasteiger charge is 2.38. The van der Waals surface area contributed by atoms with Gasteiger partial charge < -0.3 is 9.80 Å². The van der Waals surface area contributed by atoms with Crippen molar-refractivity contribution in [1.29, 1.82) is 0 Å². The van der Waals surface area contributed by atoms with E-state index in [1.807, 2.05) is 0 Å². The number of likely N-dealkylation sites (tertiary alicyclic amines) is 2. The molecule has 2 aliphatic heterocycles. The number of amides is 1. The smallest absolute Gasteiger partial charge is 0.225 e. The summed E-state index contributed by atoms with van der Waals surface area (Å²) >= 11 is 0. The Balaban J connectivity index is 1.54. The Bertz CT molecular complexity index is 293. The van der Waals surface area contributed by atoms with E-state index in [1.165, 1.54) is 51.6 Å². The summed E-state index contributed by atoms with van der Waals surface area (Å²) in [5.41, 5.74) is 0. The van der Waals surface area contributed by atoms with E-state index in [9.17, 15) is 4.79 Å². The lowest BCUT2D eigenvalue weighted by atomic mass is 10.2. The van der Waals surface area contributed by atoms with Gasteiger partial charge in [0.2, 0.25) is 5.91 Å². The molecule has 3 aliphatic rings. The van der Waals surface area contributed by atoms with Gasteiger partial charge in [0.1, 0.15) is 0 Å². The lowest BCUT2D eigenvalue weighted by Gasteiger charge is -2.30. The van der Waals surface area contributed by atoms with Crippen LogP contribution in [0.3, 0.4) is 0 Å². The quantitative estimate of drug-likeness (QED) is 0.767. The minimum Gasteiger partial charge on any atom is -0.338 e. The SMILES string of the molecule is O=C(C1CC1)N1CCCC1CN1CCCCCC1. The first kappa shape index (κ1) is 12.5. The fraction of sp³-hybridized carbons (Fsp3) is 0.933. The topological polar surface area (TPSA) is 23.6 Å². The molecular formula is C15H26N2O. The van der Waals surface area contributed by atoms with E-state index in [0.29, 0.717) is 17.9 Å². The molecule has 2 saturated heterocycles. The van der Waals surface area contributed by atoms with Crippen LogP contribution in [0, 0.1) is 5.92 Å². The Morgan fingerprint density at radius 2 is 1.61 bits per heavy atom. The van der Waals surface area contributed by atoms with E-state index < -0.39 is 0 Å². The van der Waals surface area contributed by atoms with E-state index in [4.69, 9.17) is 0 Å². The first-order valence-corrected chi connectivity index (χ1v) is 7.87. The fourth-order valence-electron chi connectivity index (χ4n) is 3.50. The van der Waals surface area contributed by atoms with Gasteiger partial charge in [-0.15, -0.1) is 0 Å². The van der Waals surface area contributed by atoms with Gasteiger partial charge in [-0.2, -0.15) is 0 Å². The maximum absolute atomic E-state index is 12.2. The Hall–Kier alpha value is -0.570. The van der Waals surface area contributed by atoms with Crippen LogP contribution in [0.1, 0.15) is 51.4 Å². The van der Waals surface area contributed by atoms with Crippen molar-refractivity contribution in [2.45, 2.75) is 57.4 Å². The molecular weight excluding hydrogens is 224 g/mol. The second-order valence-electron chi connectivity index (χ2n) is 6.32. The first-order valence-electron chi connectivity index (χ1n) is 7.87. The third-order valence-corrected chi connectivity index (χ3v) is 4.75. The largest absolute Gasteiger partial charge is 0.338 e. The zero-order valence-corrected chi connectivity index (χ0v) is 11.4. The van der Waals surface area contributed by atoms with Gasteiger partial charge in [-0.25, -0.2) is 0 Å². The van der Waals surface area contributed by atoms with Gasteiger partial charge in [0, 0.05) is 25.0 Å². The van der Waals surface area contributed by atoms with Gasteiger partial charge >= 0.3 is 0 Å². The van der Waals surface area contributed by atoms with Crippen LogP contribution in [-0.2, 0) is 4.79 Å². The summed E-state index contributed by atoms with van der Waals surface area (Å²) in [4.78, 5) is 17.1. The highest BCUT2D eigenvalue weighted by Crippen LogP contribution is 2.33. The third kappa shape index (κ3) is 2.87. The Kier molecular flexibility index (Phi) is 3.88. The van der Waals surface area contributed by atoms with Crippen LogP contribution in [0.15, 0.2) is 0 Å². The number of hydrogen-bond acceptors (Lipinski definition) is 2. The zero-order chi connectivity index (χ0) is 12.4. The Labute approximate surface area is 111 Å². The molecule has 1 unspecified atom stereocenters. The van der Waals surface area contributed by atoms with Crippen LogP contribution in [0.2, 0.25) is 0 Å². The molecule has 3 rings (SSSR count). The van der Waals surface area contributed by atoms with Crippen molar-refractivity contribution >= 4 is 5.91 Å². The highest BCUT2D eigenvalue weighted by atomic mass is 16.2. The standard InChI is InChI=1S/C15H26N2O/c18-15(13-7-8-13)17-11-5-6-14(17)12-16-9-3-1-2-4-10-16/h13-14H,1-12H2. The van der Waals surface area contributed by atoms with Crippen molar-refractivity contribution in [1.82, 2.24) is 9.80 Å². The number of hydrogen-bond donors (Lipinski definition) is 0. The van der Waals surface area contributed by atoms with E-state index in [2.05, 4.69) is 9.80 Å². The summed E-state index contributed by atoms with van der Waals surface area (Å²) in [7, 11) is 0. The van der Waals surface area contributed by atoms with Gasteiger partial charge in [0.05, 0.1) is 0 Å². The first-order chi connectivity index (χ1) is 8.84. The zero-order valence-electron chi connectivity index (χ0n) is 11.4. The van der Waals surface area contributed by atoms with Gasteiger partial charge in [0.15, 0.2) is 0 Å². The number of carbonyl (C=O) groups is 1. The van der Waals surface area contributed by atoms with Crippen LogP contribution in [-0.4, -0.2) is 47.9 Å². The molecule has 18 heavy (non-hydrogen) atoms. The van der Waals surface area contributed by atoms with Gasteiger partial charge in [0.25, 0.3) is 0 Å². The molecule has 1 amide bonds. The molecule has 0 aromatic rings. The number of carbonyl (C=O) groups excluding carboxylic acids is 1. The van der Waals surface area contributed by atoms with E-state index in [0.717, 1.165) is 25.9 Å². The van der Waals surface area contributed by atoms with E-state index in [-0.39, 0.29) is 0 Å². The van der Waals surface area contributed by atoms with Crippen LogP contribution in [0.25, 0.3) is 0 Å². The number of nitrogens with zero attached hydrogens (tertiary/aromatic N) is 2. The van der Waals surface area contributed by atoms with E-state index in [1.54, 1.807) is 0 Å². The predicted octanol–water partition coefficient (Wildman–Crippen LogP) is 2.26. The molecule has 0 radical (unpaired) electrons. The summed E-state index contributed by atoms with van der Waals surface area (Å²) in [5, 5.41) is 0.